The minimum Gasteiger partial charge on any atom is -0.316 e. The van der Waals surface area contributed by atoms with Gasteiger partial charge in [0.15, 0.2) is 0 Å². The molecule has 3 heteroatoms. The van der Waals surface area contributed by atoms with Crippen molar-refractivity contribution < 1.29 is 0 Å². The van der Waals surface area contributed by atoms with Crippen LogP contribution in [0.15, 0.2) is 24.5 Å². The minimum atomic E-state index is 0.628. The van der Waals surface area contributed by atoms with E-state index in [1.807, 2.05) is 6.20 Å². The number of rotatable bonds is 1. The lowest BCUT2D eigenvalue weighted by molar-refractivity contribution is 0.726. The highest BCUT2D eigenvalue weighted by Crippen LogP contribution is 2.23. The van der Waals surface area contributed by atoms with Crippen LogP contribution in [0.4, 0.5) is 0 Å². The Bertz CT molecular complexity index is 481. The van der Waals surface area contributed by atoms with E-state index in [0.29, 0.717) is 5.92 Å². The number of hydrogen-bond donors (Lipinski definition) is 1. The van der Waals surface area contributed by atoms with E-state index in [9.17, 15) is 0 Å². The van der Waals surface area contributed by atoms with Gasteiger partial charge in [0.25, 0.3) is 0 Å². The molecule has 1 fully saturated rings. The summed E-state index contributed by atoms with van der Waals surface area (Å²) in [5.41, 5.74) is 3.68. The summed E-state index contributed by atoms with van der Waals surface area (Å²) in [7, 11) is 0. The van der Waals surface area contributed by atoms with Gasteiger partial charge >= 0.3 is 0 Å². The van der Waals surface area contributed by atoms with Crippen LogP contribution in [0.3, 0.4) is 0 Å². The Morgan fingerprint density at radius 2 is 2.47 bits per heavy atom. The molecule has 0 aromatic carbocycles. The quantitative estimate of drug-likeness (QED) is 0.761. The summed E-state index contributed by atoms with van der Waals surface area (Å²) < 4.78 is 2.21. The zero-order valence-corrected chi connectivity index (χ0v) is 8.90. The van der Waals surface area contributed by atoms with Crippen molar-refractivity contribution in [1.82, 2.24) is 14.7 Å². The maximum Gasteiger partial charge on any atom is 0.137 e. The number of pyridine rings is 1. The Balaban J connectivity index is 2.11. The van der Waals surface area contributed by atoms with E-state index in [2.05, 4.69) is 40.0 Å². The van der Waals surface area contributed by atoms with Crippen molar-refractivity contribution in [2.45, 2.75) is 19.3 Å². The van der Waals surface area contributed by atoms with Gasteiger partial charge in [0.05, 0.1) is 0 Å². The lowest BCUT2D eigenvalue weighted by Gasteiger charge is -2.07. The second-order valence-electron chi connectivity index (χ2n) is 4.31. The van der Waals surface area contributed by atoms with Crippen LogP contribution in [0.5, 0.6) is 0 Å². The predicted octanol–water partition coefficient (Wildman–Crippen LogP) is 1.72. The molecule has 1 aliphatic heterocycles. The second-order valence-corrected chi connectivity index (χ2v) is 4.31. The lowest BCUT2D eigenvalue weighted by atomic mass is 10.1. The normalized spacial score (nSPS) is 21.3. The zero-order valence-electron chi connectivity index (χ0n) is 8.90. The van der Waals surface area contributed by atoms with Gasteiger partial charge in [-0.2, -0.15) is 0 Å². The molecule has 1 unspecified atom stereocenters. The molecule has 3 heterocycles. The summed E-state index contributed by atoms with van der Waals surface area (Å²) in [5, 5.41) is 3.40. The van der Waals surface area contributed by atoms with Gasteiger partial charge in [-0.05, 0) is 37.6 Å². The van der Waals surface area contributed by atoms with Gasteiger partial charge in [-0.3, -0.25) is 0 Å². The van der Waals surface area contributed by atoms with Crippen molar-refractivity contribution in [3.8, 4) is 0 Å². The van der Waals surface area contributed by atoms with Crippen LogP contribution in [-0.4, -0.2) is 22.5 Å². The number of imidazole rings is 1. The molecule has 2 aromatic heterocycles. The smallest absolute Gasteiger partial charge is 0.137 e. The molecule has 2 aromatic rings. The third kappa shape index (κ3) is 1.43. The summed E-state index contributed by atoms with van der Waals surface area (Å²) in [4.78, 5) is 4.46. The Labute approximate surface area is 89.1 Å². The van der Waals surface area contributed by atoms with Crippen LogP contribution in [0, 0.1) is 6.92 Å². The molecule has 1 atom stereocenters. The molecule has 15 heavy (non-hydrogen) atoms. The SMILES string of the molecule is Cc1ccn2c(C3CCNC3)cnc2c1. The largest absolute Gasteiger partial charge is 0.316 e. The van der Waals surface area contributed by atoms with Crippen LogP contribution in [0.1, 0.15) is 23.6 Å². The van der Waals surface area contributed by atoms with Crippen LogP contribution in [-0.2, 0) is 0 Å². The topological polar surface area (TPSA) is 29.3 Å². The van der Waals surface area contributed by atoms with Gasteiger partial charge in [-0.25, -0.2) is 4.98 Å². The van der Waals surface area contributed by atoms with Crippen LogP contribution in [0.25, 0.3) is 5.65 Å². The molecule has 0 radical (unpaired) electrons. The molecule has 78 valence electrons. The number of nitrogens with one attached hydrogen (secondary N) is 1. The molecular formula is C12H15N3. The molecule has 3 nitrogen and oxygen atoms in total. The van der Waals surface area contributed by atoms with Crippen molar-refractivity contribution in [2.75, 3.05) is 13.1 Å². The lowest BCUT2D eigenvalue weighted by Crippen LogP contribution is -2.09. The molecule has 1 aliphatic rings. The molecular weight excluding hydrogens is 186 g/mol. The summed E-state index contributed by atoms with van der Waals surface area (Å²) in [6.07, 6.45) is 5.37. The van der Waals surface area contributed by atoms with Crippen molar-refractivity contribution >= 4 is 5.65 Å². The van der Waals surface area contributed by atoms with Gasteiger partial charge in [0.2, 0.25) is 0 Å². The number of nitrogens with zero attached hydrogens (tertiary/aromatic N) is 2. The van der Waals surface area contributed by atoms with Gasteiger partial charge in [-0.1, -0.05) is 0 Å². The van der Waals surface area contributed by atoms with E-state index in [0.717, 1.165) is 18.7 Å². The van der Waals surface area contributed by atoms with E-state index in [1.165, 1.54) is 17.7 Å². The molecule has 1 N–H and O–H groups in total. The standard InChI is InChI=1S/C12H15N3/c1-9-3-5-15-11(8-14-12(15)6-9)10-2-4-13-7-10/h3,5-6,8,10,13H,2,4,7H2,1H3. The summed E-state index contributed by atoms with van der Waals surface area (Å²) in [5.74, 6) is 0.628. The second kappa shape index (κ2) is 3.35. The summed E-state index contributed by atoms with van der Waals surface area (Å²) in [6, 6.07) is 4.27. The van der Waals surface area contributed by atoms with E-state index in [1.54, 1.807) is 0 Å². The van der Waals surface area contributed by atoms with Crippen LogP contribution in [0.2, 0.25) is 0 Å². The molecule has 0 aliphatic carbocycles. The Hall–Kier alpha value is -1.35. The van der Waals surface area contributed by atoms with Crippen molar-refractivity contribution in [3.63, 3.8) is 0 Å². The fourth-order valence-corrected chi connectivity index (χ4v) is 2.31. The number of aromatic nitrogens is 2. The molecule has 0 saturated carbocycles. The van der Waals surface area contributed by atoms with Crippen molar-refractivity contribution in [3.05, 3.63) is 35.8 Å². The molecule has 3 rings (SSSR count). The highest BCUT2D eigenvalue weighted by Gasteiger charge is 2.19. The third-order valence-electron chi connectivity index (χ3n) is 3.18. The fraction of sp³-hybridized carbons (Fsp3) is 0.417. The Morgan fingerprint density at radius 1 is 1.53 bits per heavy atom. The van der Waals surface area contributed by atoms with E-state index in [4.69, 9.17) is 0 Å². The van der Waals surface area contributed by atoms with Crippen LogP contribution >= 0.6 is 0 Å². The van der Waals surface area contributed by atoms with Gasteiger partial charge in [0.1, 0.15) is 5.65 Å². The highest BCUT2D eigenvalue weighted by atomic mass is 15.0. The van der Waals surface area contributed by atoms with E-state index >= 15 is 0 Å². The highest BCUT2D eigenvalue weighted by molar-refractivity contribution is 5.43. The summed E-state index contributed by atoms with van der Waals surface area (Å²) in [6.45, 7) is 4.32. The third-order valence-corrected chi connectivity index (χ3v) is 3.18. The van der Waals surface area contributed by atoms with Crippen LogP contribution < -0.4 is 5.32 Å². The predicted molar refractivity (Wildman–Crippen MR) is 60.2 cm³/mol. The first-order valence-electron chi connectivity index (χ1n) is 5.49. The maximum absolute atomic E-state index is 4.46. The molecule has 0 spiro atoms. The van der Waals surface area contributed by atoms with Crippen molar-refractivity contribution in [1.29, 1.82) is 0 Å². The Kier molecular flexibility index (Phi) is 1.99. The first-order chi connectivity index (χ1) is 7.34. The van der Waals surface area contributed by atoms with E-state index in [-0.39, 0.29) is 0 Å². The van der Waals surface area contributed by atoms with Gasteiger partial charge < -0.3 is 9.72 Å². The minimum absolute atomic E-state index is 0.628. The first-order valence-corrected chi connectivity index (χ1v) is 5.49. The number of fused-ring (bicyclic) bond motifs is 1. The molecule has 1 saturated heterocycles. The molecule has 0 amide bonds. The monoisotopic (exact) mass is 201 g/mol. The maximum atomic E-state index is 4.46. The average molecular weight is 201 g/mol. The number of hydrogen-bond acceptors (Lipinski definition) is 2. The fourth-order valence-electron chi connectivity index (χ4n) is 2.31. The zero-order chi connectivity index (χ0) is 10.3. The Morgan fingerprint density at radius 3 is 3.27 bits per heavy atom. The first kappa shape index (κ1) is 8.92. The average Bonchev–Trinajstić information content (AvgIpc) is 2.82. The van der Waals surface area contributed by atoms with Gasteiger partial charge in [0, 0.05) is 30.6 Å². The van der Waals surface area contributed by atoms with Gasteiger partial charge in [-0.15, -0.1) is 0 Å². The van der Waals surface area contributed by atoms with E-state index < -0.39 is 0 Å². The van der Waals surface area contributed by atoms with Crippen molar-refractivity contribution in [2.24, 2.45) is 0 Å². The summed E-state index contributed by atoms with van der Waals surface area (Å²) >= 11 is 0. The molecule has 0 bridgehead atoms. The number of aryl methyl sites for hydroxylation is 1.